The zero-order valence-corrected chi connectivity index (χ0v) is 18.0. The molecule has 0 aliphatic carbocycles. The Labute approximate surface area is 191 Å². The smallest absolute Gasteiger partial charge is 0.245 e. The quantitative estimate of drug-likeness (QED) is 0.430. The highest BCUT2D eigenvalue weighted by molar-refractivity contribution is 6.30. The van der Waals surface area contributed by atoms with Gasteiger partial charge in [0.05, 0.1) is 12.1 Å². The normalized spacial score (nSPS) is 15.8. The third-order valence-corrected chi connectivity index (χ3v) is 5.40. The first-order valence-corrected chi connectivity index (χ1v) is 10.6. The predicted octanol–water partition coefficient (Wildman–Crippen LogP) is 4.42. The van der Waals surface area contributed by atoms with Crippen LogP contribution in [-0.2, 0) is 16.2 Å². The summed E-state index contributed by atoms with van der Waals surface area (Å²) in [5.74, 6) is -0.0812. The van der Waals surface area contributed by atoms with Gasteiger partial charge in [-0.1, -0.05) is 41.9 Å². The van der Waals surface area contributed by atoms with Crippen LogP contribution in [0.2, 0.25) is 5.02 Å². The average Bonchev–Trinajstić information content (AvgIpc) is 3.21. The van der Waals surface area contributed by atoms with Gasteiger partial charge in [-0.25, -0.2) is 5.43 Å². The number of benzene rings is 3. The number of carbonyl (C=O) groups excluding carboxylic acids is 2. The molecular formula is C25H22ClN3O3. The lowest BCUT2D eigenvalue weighted by Gasteiger charge is -2.16. The van der Waals surface area contributed by atoms with Gasteiger partial charge >= 0.3 is 0 Å². The summed E-state index contributed by atoms with van der Waals surface area (Å²) in [7, 11) is 0. The maximum Gasteiger partial charge on any atom is 0.245 e. The van der Waals surface area contributed by atoms with E-state index in [4.69, 9.17) is 16.3 Å². The molecule has 0 radical (unpaired) electrons. The molecule has 0 aromatic heterocycles. The second-order valence-electron chi connectivity index (χ2n) is 7.46. The van der Waals surface area contributed by atoms with E-state index in [0.29, 0.717) is 18.2 Å². The van der Waals surface area contributed by atoms with Crippen LogP contribution in [-0.4, -0.2) is 24.6 Å². The topological polar surface area (TPSA) is 71.0 Å². The van der Waals surface area contributed by atoms with Gasteiger partial charge in [-0.2, -0.15) is 5.10 Å². The van der Waals surface area contributed by atoms with E-state index >= 15 is 0 Å². The molecule has 0 bridgehead atoms. The summed E-state index contributed by atoms with van der Waals surface area (Å²) < 4.78 is 5.76. The van der Waals surface area contributed by atoms with Gasteiger partial charge in [0.25, 0.3) is 0 Å². The van der Waals surface area contributed by atoms with E-state index in [0.717, 1.165) is 22.6 Å². The van der Waals surface area contributed by atoms with Crippen LogP contribution in [0.4, 0.5) is 5.69 Å². The van der Waals surface area contributed by atoms with Gasteiger partial charge in [0, 0.05) is 23.7 Å². The van der Waals surface area contributed by atoms with E-state index in [1.807, 2.05) is 54.6 Å². The third-order valence-electron chi connectivity index (χ3n) is 5.15. The van der Waals surface area contributed by atoms with Gasteiger partial charge in [0.2, 0.25) is 11.8 Å². The molecule has 1 aliphatic heterocycles. The number of anilines is 1. The van der Waals surface area contributed by atoms with Crippen LogP contribution in [0.25, 0.3) is 0 Å². The largest absolute Gasteiger partial charge is 0.489 e. The third kappa shape index (κ3) is 5.53. The molecule has 2 amide bonds. The van der Waals surface area contributed by atoms with E-state index in [9.17, 15) is 9.59 Å². The van der Waals surface area contributed by atoms with Gasteiger partial charge in [-0.05, 0) is 59.7 Å². The standard InChI is InChI=1S/C25H22ClN3O3/c26-21-8-10-22(11-9-21)29-16-20(14-24(29)30)25(31)28-27-15-18-6-12-23(13-7-18)32-17-19-4-2-1-3-5-19/h1-13,15,20H,14,16-17H2,(H,28,31)/b27-15-/t20-/m0/s1. The fourth-order valence-electron chi connectivity index (χ4n) is 3.41. The number of nitrogens with one attached hydrogen (secondary N) is 1. The maximum absolute atomic E-state index is 12.4. The van der Waals surface area contributed by atoms with E-state index < -0.39 is 5.92 Å². The van der Waals surface area contributed by atoms with Crippen LogP contribution in [0.3, 0.4) is 0 Å². The van der Waals surface area contributed by atoms with Gasteiger partial charge in [-0.3, -0.25) is 9.59 Å². The number of hydrogen-bond acceptors (Lipinski definition) is 4. The summed E-state index contributed by atoms with van der Waals surface area (Å²) >= 11 is 5.90. The fraction of sp³-hybridized carbons (Fsp3) is 0.160. The number of hydrazone groups is 1. The Morgan fingerprint density at radius 1 is 1.06 bits per heavy atom. The minimum Gasteiger partial charge on any atom is -0.489 e. The maximum atomic E-state index is 12.4. The van der Waals surface area contributed by atoms with Gasteiger partial charge < -0.3 is 9.64 Å². The monoisotopic (exact) mass is 447 g/mol. The summed E-state index contributed by atoms with van der Waals surface area (Å²) in [5.41, 5.74) is 5.18. The molecule has 1 fully saturated rings. The zero-order chi connectivity index (χ0) is 22.3. The van der Waals surface area contributed by atoms with Crippen molar-refractivity contribution < 1.29 is 14.3 Å². The van der Waals surface area contributed by atoms with Crippen molar-refractivity contribution in [3.05, 3.63) is 95.0 Å². The first kappa shape index (κ1) is 21.6. The first-order chi connectivity index (χ1) is 15.6. The molecule has 32 heavy (non-hydrogen) atoms. The Morgan fingerprint density at radius 2 is 1.78 bits per heavy atom. The molecule has 1 atom stereocenters. The number of nitrogens with zero attached hydrogens (tertiary/aromatic N) is 2. The molecule has 0 unspecified atom stereocenters. The van der Waals surface area contributed by atoms with Crippen molar-refractivity contribution in [3.8, 4) is 5.75 Å². The van der Waals surface area contributed by atoms with Gasteiger partial charge in [0.1, 0.15) is 12.4 Å². The number of amides is 2. The van der Waals surface area contributed by atoms with Crippen molar-refractivity contribution in [2.45, 2.75) is 13.0 Å². The molecule has 3 aromatic carbocycles. The van der Waals surface area contributed by atoms with Crippen LogP contribution >= 0.6 is 11.6 Å². The Bertz CT molecular complexity index is 1100. The number of hydrogen-bond donors (Lipinski definition) is 1. The lowest BCUT2D eigenvalue weighted by atomic mass is 10.1. The molecule has 7 heteroatoms. The minimum atomic E-state index is -0.455. The summed E-state index contributed by atoms with van der Waals surface area (Å²) in [4.78, 5) is 26.3. The lowest BCUT2D eigenvalue weighted by Crippen LogP contribution is -2.30. The van der Waals surface area contributed by atoms with Crippen LogP contribution in [0, 0.1) is 5.92 Å². The number of halogens is 1. The van der Waals surface area contributed by atoms with Crippen molar-refractivity contribution in [3.63, 3.8) is 0 Å². The summed E-state index contributed by atoms with van der Waals surface area (Å²) in [5, 5.41) is 4.63. The lowest BCUT2D eigenvalue weighted by molar-refractivity contribution is -0.126. The summed E-state index contributed by atoms with van der Waals surface area (Å²) in [6.45, 7) is 0.812. The SMILES string of the molecule is O=C(N/N=C\c1ccc(OCc2ccccc2)cc1)[C@H]1CC(=O)N(c2ccc(Cl)cc2)C1. The zero-order valence-electron chi connectivity index (χ0n) is 17.3. The Kier molecular flexibility index (Phi) is 6.82. The molecule has 1 aliphatic rings. The van der Waals surface area contributed by atoms with E-state index in [1.165, 1.54) is 0 Å². The second-order valence-corrected chi connectivity index (χ2v) is 7.90. The Balaban J connectivity index is 1.27. The average molecular weight is 448 g/mol. The van der Waals surface area contributed by atoms with Crippen LogP contribution in [0.1, 0.15) is 17.5 Å². The molecule has 1 N–H and O–H groups in total. The molecule has 3 aromatic rings. The highest BCUT2D eigenvalue weighted by Gasteiger charge is 2.35. The minimum absolute atomic E-state index is 0.0949. The van der Waals surface area contributed by atoms with Crippen molar-refractivity contribution in [2.24, 2.45) is 11.0 Å². The highest BCUT2D eigenvalue weighted by atomic mass is 35.5. The number of rotatable bonds is 7. The summed E-state index contributed by atoms with van der Waals surface area (Å²) in [6, 6.07) is 24.3. The molecule has 1 heterocycles. The van der Waals surface area contributed by atoms with Crippen LogP contribution in [0.15, 0.2) is 84.0 Å². The highest BCUT2D eigenvalue weighted by Crippen LogP contribution is 2.26. The molecule has 0 saturated carbocycles. The molecular weight excluding hydrogens is 426 g/mol. The molecule has 6 nitrogen and oxygen atoms in total. The second kappa shape index (κ2) is 10.1. The van der Waals surface area contributed by atoms with Crippen LogP contribution < -0.4 is 15.1 Å². The molecule has 0 spiro atoms. The van der Waals surface area contributed by atoms with Gasteiger partial charge in [0.15, 0.2) is 0 Å². The Hall–Kier alpha value is -3.64. The van der Waals surface area contributed by atoms with Crippen molar-refractivity contribution in [2.75, 3.05) is 11.4 Å². The van der Waals surface area contributed by atoms with Crippen molar-refractivity contribution >= 4 is 35.3 Å². The van der Waals surface area contributed by atoms with Crippen molar-refractivity contribution in [1.82, 2.24) is 5.43 Å². The summed E-state index contributed by atoms with van der Waals surface area (Å²) in [6.07, 6.45) is 1.71. The Morgan fingerprint density at radius 3 is 2.50 bits per heavy atom. The van der Waals surface area contributed by atoms with E-state index in [2.05, 4.69) is 10.5 Å². The molecule has 1 saturated heterocycles. The number of carbonyl (C=O) groups is 2. The fourth-order valence-corrected chi connectivity index (χ4v) is 3.53. The first-order valence-electron chi connectivity index (χ1n) is 10.2. The van der Waals surface area contributed by atoms with E-state index in [-0.39, 0.29) is 18.2 Å². The van der Waals surface area contributed by atoms with Crippen LogP contribution in [0.5, 0.6) is 5.75 Å². The molecule has 4 rings (SSSR count). The molecule has 162 valence electrons. The number of ether oxygens (including phenoxy) is 1. The van der Waals surface area contributed by atoms with Gasteiger partial charge in [-0.15, -0.1) is 0 Å². The predicted molar refractivity (Wildman–Crippen MR) is 125 cm³/mol. The van der Waals surface area contributed by atoms with E-state index in [1.54, 1.807) is 35.4 Å². The van der Waals surface area contributed by atoms with Crippen molar-refractivity contribution in [1.29, 1.82) is 0 Å².